The summed E-state index contributed by atoms with van der Waals surface area (Å²) in [4.78, 5) is 13.4. The number of rotatable bonds is 7. The van der Waals surface area contributed by atoms with Crippen molar-refractivity contribution in [2.24, 2.45) is 0 Å². The van der Waals surface area contributed by atoms with Crippen LogP contribution in [-0.4, -0.2) is 26.6 Å². The Bertz CT molecular complexity index is 1190. The molecule has 168 valence electrons. The van der Waals surface area contributed by atoms with Crippen LogP contribution in [0.1, 0.15) is 40.8 Å². The Kier molecular flexibility index (Phi) is 7.04. The van der Waals surface area contributed by atoms with Gasteiger partial charge in [-0.25, -0.2) is 8.42 Å². The van der Waals surface area contributed by atoms with Crippen molar-refractivity contribution >= 4 is 21.6 Å². The van der Waals surface area contributed by atoms with Crippen LogP contribution < -0.4 is 9.62 Å². The van der Waals surface area contributed by atoms with Gasteiger partial charge in [-0.3, -0.25) is 9.10 Å². The van der Waals surface area contributed by atoms with Crippen molar-refractivity contribution in [3.63, 3.8) is 0 Å². The van der Waals surface area contributed by atoms with Crippen molar-refractivity contribution < 1.29 is 13.2 Å². The number of benzene rings is 3. The summed E-state index contributed by atoms with van der Waals surface area (Å²) in [6.07, 6.45) is 1.13. The lowest BCUT2D eigenvalue weighted by Crippen LogP contribution is -2.49. The van der Waals surface area contributed by atoms with Gasteiger partial charge in [-0.05, 0) is 67.6 Å². The van der Waals surface area contributed by atoms with E-state index >= 15 is 0 Å². The van der Waals surface area contributed by atoms with Crippen LogP contribution in [-0.2, 0) is 14.8 Å². The van der Waals surface area contributed by atoms with Gasteiger partial charge in [-0.2, -0.15) is 0 Å². The van der Waals surface area contributed by atoms with Gasteiger partial charge < -0.3 is 5.32 Å². The van der Waals surface area contributed by atoms with Crippen LogP contribution in [0.4, 0.5) is 5.69 Å². The average Bonchev–Trinajstić information content (AvgIpc) is 2.71. The van der Waals surface area contributed by atoms with Crippen molar-refractivity contribution in [2.75, 3.05) is 10.6 Å². The highest BCUT2D eigenvalue weighted by atomic mass is 32.2. The summed E-state index contributed by atoms with van der Waals surface area (Å²) in [6, 6.07) is 21.8. The average molecular weight is 451 g/mol. The molecule has 6 heteroatoms. The Morgan fingerprint density at radius 2 is 1.44 bits per heavy atom. The number of hydrogen-bond acceptors (Lipinski definition) is 3. The molecule has 0 bridgehead atoms. The first-order valence-corrected chi connectivity index (χ1v) is 12.4. The fourth-order valence-electron chi connectivity index (χ4n) is 4.05. The molecule has 32 heavy (non-hydrogen) atoms. The minimum Gasteiger partial charge on any atom is -0.343 e. The molecule has 0 heterocycles. The molecule has 5 nitrogen and oxygen atoms in total. The number of aryl methyl sites for hydroxylation is 3. The largest absolute Gasteiger partial charge is 0.343 e. The fourth-order valence-corrected chi connectivity index (χ4v) is 5.20. The van der Waals surface area contributed by atoms with Gasteiger partial charge in [0.1, 0.15) is 6.04 Å². The number of carbonyl (C=O) groups is 1. The number of sulfonamides is 1. The van der Waals surface area contributed by atoms with Crippen LogP contribution in [0.2, 0.25) is 0 Å². The van der Waals surface area contributed by atoms with Crippen LogP contribution in [0.15, 0.2) is 72.8 Å². The Morgan fingerprint density at radius 3 is 2.00 bits per heavy atom. The number of amides is 1. The number of carbonyl (C=O) groups excluding carboxylic acids is 1. The molecule has 1 N–H and O–H groups in total. The monoisotopic (exact) mass is 450 g/mol. The minimum atomic E-state index is -3.70. The number of anilines is 1. The lowest BCUT2D eigenvalue weighted by Gasteiger charge is -2.31. The Morgan fingerprint density at radius 1 is 0.875 bits per heavy atom. The van der Waals surface area contributed by atoms with Crippen molar-refractivity contribution in [1.82, 2.24) is 5.32 Å². The Labute approximate surface area is 191 Å². The highest BCUT2D eigenvalue weighted by molar-refractivity contribution is 7.92. The smallest absolute Gasteiger partial charge is 0.244 e. The summed E-state index contributed by atoms with van der Waals surface area (Å²) in [5, 5.41) is 3.10. The van der Waals surface area contributed by atoms with E-state index in [9.17, 15) is 13.2 Å². The van der Waals surface area contributed by atoms with E-state index < -0.39 is 22.1 Å². The first-order valence-electron chi connectivity index (χ1n) is 10.6. The van der Waals surface area contributed by atoms with E-state index in [0.717, 1.165) is 34.1 Å². The molecule has 1 amide bonds. The Hall–Kier alpha value is -3.12. The second-order valence-electron chi connectivity index (χ2n) is 8.29. The van der Waals surface area contributed by atoms with E-state index in [2.05, 4.69) is 5.32 Å². The molecule has 0 aromatic heterocycles. The van der Waals surface area contributed by atoms with Gasteiger partial charge in [-0.1, -0.05) is 60.7 Å². The summed E-state index contributed by atoms with van der Waals surface area (Å²) in [7, 11) is -3.70. The topological polar surface area (TPSA) is 66.5 Å². The third-order valence-corrected chi connectivity index (χ3v) is 6.71. The summed E-state index contributed by atoms with van der Waals surface area (Å²) in [5.74, 6) is -0.369. The molecule has 0 aliphatic heterocycles. The molecule has 3 aromatic carbocycles. The van der Waals surface area contributed by atoms with Crippen molar-refractivity contribution in [3.8, 4) is 0 Å². The molecule has 0 radical (unpaired) electrons. The molecular weight excluding hydrogens is 420 g/mol. The molecule has 3 aromatic rings. The summed E-state index contributed by atoms with van der Waals surface area (Å²) in [6.45, 7) is 7.43. The maximum absolute atomic E-state index is 13.4. The lowest BCUT2D eigenvalue weighted by molar-refractivity contribution is -0.122. The highest BCUT2D eigenvalue weighted by Gasteiger charge is 2.31. The van der Waals surface area contributed by atoms with E-state index in [4.69, 9.17) is 0 Å². The zero-order chi connectivity index (χ0) is 23.5. The van der Waals surface area contributed by atoms with Gasteiger partial charge in [0.15, 0.2) is 0 Å². The van der Waals surface area contributed by atoms with Gasteiger partial charge in [0, 0.05) is 0 Å². The Balaban J connectivity index is 2.00. The predicted molar refractivity (Wildman–Crippen MR) is 130 cm³/mol. The molecule has 0 saturated heterocycles. The molecule has 3 rings (SSSR count). The molecule has 0 saturated carbocycles. The van der Waals surface area contributed by atoms with Gasteiger partial charge in [0.2, 0.25) is 15.9 Å². The molecule has 0 aliphatic carbocycles. The van der Waals surface area contributed by atoms with E-state index in [1.807, 2.05) is 81.4 Å². The number of nitrogens with zero attached hydrogens (tertiary/aromatic N) is 1. The molecule has 0 spiro atoms. The third-order valence-electron chi connectivity index (χ3n) is 5.47. The molecule has 0 fully saturated rings. The zero-order valence-corrected chi connectivity index (χ0v) is 20.0. The van der Waals surface area contributed by atoms with E-state index in [-0.39, 0.29) is 5.91 Å². The maximum atomic E-state index is 13.4. The summed E-state index contributed by atoms with van der Waals surface area (Å²) >= 11 is 0. The molecule has 0 aliphatic rings. The molecule has 2 atom stereocenters. The second-order valence-corrected chi connectivity index (χ2v) is 10.1. The number of nitrogens with one attached hydrogen (secondary N) is 1. The van der Waals surface area contributed by atoms with Gasteiger partial charge in [0.25, 0.3) is 0 Å². The maximum Gasteiger partial charge on any atom is 0.244 e. The summed E-state index contributed by atoms with van der Waals surface area (Å²) in [5.41, 5.74) is 5.30. The van der Waals surface area contributed by atoms with Crippen LogP contribution in [0.5, 0.6) is 0 Å². The van der Waals surface area contributed by atoms with Crippen molar-refractivity contribution in [3.05, 3.63) is 101 Å². The SMILES string of the molecule is Cc1cc(C)cc(N([C@@H](C)C(=O)N[C@H](c2ccccc2)c2ccccc2C)S(C)(=O)=O)c1. The fraction of sp³-hybridized carbons (Fsp3) is 0.269. The highest BCUT2D eigenvalue weighted by Crippen LogP contribution is 2.27. The predicted octanol–water partition coefficient (Wildman–Crippen LogP) is 4.67. The van der Waals surface area contributed by atoms with Crippen molar-refractivity contribution in [1.29, 1.82) is 0 Å². The lowest BCUT2D eigenvalue weighted by atomic mass is 9.94. The molecule has 0 unspecified atom stereocenters. The minimum absolute atomic E-state index is 0.369. The van der Waals surface area contributed by atoms with E-state index in [1.54, 1.807) is 19.1 Å². The van der Waals surface area contributed by atoms with Crippen LogP contribution in [0.25, 0.3) is 0 Å². The van der Waals surface area contributed by atoms with E-state index in [0.29, 0.717) is 5.69 Å². The normalized spacial score (nSPS) is 13.3. The van der Waals surface area contributed by atoms with Crippen LogP contribution in [0.3, 0.4) is 0 Å². The van der Waals surface area contributed by atoms with Gasteiger partial charge >= 0.3 is 0 Å². The van der Waals surface area contributed by atoms with E-state index in [1.165, 1.54) is 4.31 Å². The third kappa shape index (κ3) is 5.37. The molecular formula is C26H30N2O3S. The second kappa shape index (κ2) is 9.57. The quantitative estimate of drug-likeness (QED) is 0.569. The standard InChI is InChI=1S/C26H30N2O3S/c1-18-15-19(2)17-23(16-18)28(32(5,30)31)21(4)26(29)27-25(22-12-7-6-8-13-22)24-14-10-9-11-20(24)3/h6-17,21,25H,1-5H3,(H,27,29)/t21-,25+/m0/s1. The zero-order valence-electron chi connectivity index (χ0n) is 19.2. The summed E-state index contributed by atoms with van der Waals surface area (Å²) < 4.78 is 26.6. The van der Waals surface area contributed by atoms with Crippen molar-refractivity contribution in [2.45, 2.75) is 39.8 Å². The first kappa shape index (κ1) is 23.5. The van der Waals surface area contributed by atoms with Crippen LogP contribution in [0, 0.1) is 20.8 Å². The van der Waals surface area contributed by atoms with Gasteiger partial charge in [-0.15, -0.1) is 0 Å². The van der Waals surface area contributed by atoms with Gasteiger partial charge in [0.05, 0.1) is 18.0 Å². The first-order chi connectivity index (χ1) is 15.1. The van der Waals surface area contributed by atoms with Crippen LogP contribution >= 0.6 is 0 Å². The number of hydrogen-bond donors (Lipinski definition) is 1.